The number of hydrogen-bond donors (Lipinski definition) is 1. The zero-order valence-electron chi connectivity index (χ0n) is 14.0. The van der Waals surface area contributed by atoms with Crippen LogP contribution in [0.5, 0.6) is 0 Å². The maximum absolute atomic E-state index is 13.0. The summed E-state index contributed by atoms with van der Waals surface area (Å²) in [5.74, 6) is 0.409. The van der Waals surface area contributed by atoms with Crippen LogP contribution in [0.2, 0.25) is 0 Å². The van der Waals surface area contributed by atoms with Gasteiger partial charge < -0.3 is 14.6 Å². The van der Waals surface area contributed by atoms with E-state index in [4.69, 9.17) is 9.26 Å². The Bertz CT molecular complexity index is 752. The first-order valence-electron chi connectivity index (χ1n) is 8.36. The second-order valence-corrected chi connectivity index (χ2v) is 6.33. The molecule has 140 valence electrons. The highest BCUT2D eigenvalue weighted by molar-refractivity contribution is 5.78. The molecule has 0 spiro atoms. The Morgan fingerprint density at radius 2 is 2.12 bits per heavy atom. The SMILES string of the molecule is O=C(Cc1cc(Cc2ccccc2C(F)(F)F)on1)NCC1CCOC1. The summed E-state index contributed by atoms with van der Waals surface area (Å²) < 4.78 is 49.4. The normalized spacial score (nSPS) is 17.4. The van der Waals surface area contributed by atoms with Crippen LogP contribution < -0.4 is 5.32 Å². The Kier molecular flexibility index (Phi) is 5.61. The van der Waals surface area contributed by atoms with Crippen LogP contribution in [0, 0.1) is 5.92 Å². The lowest BCUT2D eigenvalue weighted by molar-refractivity contribution is -0.138. The number of carbonyl (C=O) groups excluding carboxylic acids is 1. The van der Waals surface area contributed by atoms with Crippen LogP contribution in [0.1, 0.15) is 29.0 Å². The van der Waals surface area contributed by atoms with E-state index in [1.807, 2.05) is 0 Å². The minimum atomic E-state index is -4.43. The Labute approximate surface area is 148 Å². The predicted molar refractivity (Wildman–Crippen MR) is 86.4 cm³/mol. The molecular weight excluding hydrogens is 349 g/mol. The number of benzene rings is 1. The number of nitrogens with one attached hydrogen (secondary N) is 1. The quantitative estimate of drug-likeness (QED) is 0.851. The summed E-state index contributed by atoms with van der Waals surface area (Å²) >= 11 is 0. The molecule has 1 unspecified atom stereocenters. The number of carbonyl (C=O) groups is 1. The van der Waals surface area contributed by atoms with Crippen molar-refractivity contribution in [2.75, 3.05) is 19.8 Å². The van der Waals surface area contributed by atoms with E-state index in [1.54, 1.807) is 6.07 Å². The molecule has 0 aliphatic carbocycles. The molecule has 1 aliphatic rings. The summed E-state index contributed by atoms with van der Waals surface area (Å²) in [6.45, 7) is 1.90. The number of alkyl halides is 3. The van der Waals surface area contributed by atoms with Crippen molar-refractivity contribution >= 4 is 5.91 Å². The van der Waals surface area contributed by atoms with Gasteiger partial charge in [-0.1, -0.05) is 23.4 Å². The maximum Gasteiger partial charge on any atom is 0.416 e. The van der Waals surface area contributed by atoms with Crippen LogP contribution >= 0.6 is 0 Å². The average Bonchev–Trinajstić information content (AvgIpc) is 3.24. The third-order valence-corrected chi connectivity index (χ3v) is 4.25. The fourth-order valence-corrected chi connectivity index (χ4v) is 2.89. The Morgan fingerprint density at radius 1 is 1.31 bits per heavy atom. The highest BCUT2D eigenvalue weighted by Crippen LogP contribution is 2.32. The minimum absolute atomic E-state index is 0.0258. The van der Waals surface area contributed by atoms with Crippen molar-refractivity contribution in [3.63, 3.8) is 0 Å². The summed E-state index contributed by atoms with van der Waals surface area (Å²) in [7, 11) is 0. The molecule has 8 heteroatoms. The second kappa shape index (κ2) is 7.90. The fourth-order valence-electron chi connectivity index (χ4n) is 2.89. The van der Waals surface area contributed by atoms with E-state index in [0.29, 0.717) is 31.4 Å². The molecular formula is C18H19F3N2O3. The molecule has 1 atom stereocenters. The summed E-state index contributed by atoms with van der Waals surface area (Å²) in [4.78, 5) is 11.9. The van der Waals surface area contributed by atoms with Gasteiger partial charge in [0, 0.05) is 31.6 Å². The van der Waals surface area contributed by atoms with Crippen molar-refractivity contribution in [1.29, 1.82) is 0 Å². The van der Waals surface area contributed by atoms with E-state index in [2.05, 4.69) is 10.5 Å². The van der Waals surface area contributed by atoms with Crippen LogP contribution in [-0.2, 0) is 28.5 Å². The van der Waals surface area contributed by atoms with Gasteiger partial charge >= 0.3 is 6.18 Å². The number of amides is 1. The standard InChI is InChI=1S/C18H19F3N2O3/c19-18(20,21)16-4-2-1-3-13(16)7-15-8-14(23-26-15)9-17(24)22-10-12-5-6-25-11-12/h1-4,8,12H,5-7,9-11H2,(H,22,24). The zero-order valence-corrected chi connectivity index (χ0v) is 14.0. The van der Waals surface area contributed by atoms with Gasteiger partial charge in [0.2, 0.25) is 5.91 Å². The molecule has 0 radical (unpaired) electrons. The first-order chi connectivity index (χ1) is 12.4. The number of aromatic nitrogens is 1. The summed E-state index contributed by atoms with van der Waals surface area (Å²) in [6, 6.07) is 6.85. The lowest BCUT2D eigenvalue weighted by atomic mass is 10.0. The monoisotopic (exact) mass is 368 g/mol. The van der Waals surface area contributed by atoms with Crippen LogP contribution in [0.15, 0.2) is 34.9 Å². The zero-order chi connectivity index (χ0) is 18.6. The molecule has 2 aromatic rings. The van der Waals surface area contributed by atoms with Crippen molar-refractivity contribution in [3.05, 3.63) is 52.9 Å². The van der Waals surface area contributed by atoms with E-state index in [9.17, 15) is 18.0 Å². The van der Waals surface area contributed by atoms with Crippen molar-refractivity contribution < 1.29 is 27.2 Å². The molecule has 1 aromatic carbocycles. The molecule has 1 N–H and O–H groups in total. The molecule has 5 nitrogen and oxygen atoms in total. The molecule has 0 bridgehead atoms. The van der Waals surface area contributed by atoms with Gasteiger partial charge in [-0.2, -0.15) is 13.2 Å². The minimum Gasteiger partial charge on any atom is -0.381 e. The van der Waals surface area contributed by atoms with Crippen molar-refractivity contribution in [3.8, 4) is 0 Å². The topological polar surface area (TPSA) is 64.4 Å². The Balaban J connectivity index is 1.57. The molecule has 1 fully saturated rings. The molecule has 1 amide bonds. The maximum atomic E-state index is 13.0. The summed E-state index contributed by atoms with van der Waals surface area (Å²) in [5.41, 5.74) is -0.201. The molecule has 2 heterocycles. The van der Waals surface area contributed by atoms with Gasteiger partial charge in [-0.3, -0.25) is 4.79 Å². The lowest BCUT2D eigenvalue weighted by Gasteiger charge is -2.11. The van der Waals surface area contributed by atoms with Gasteiger partial charge in [0.05, 0.1) is 24.3 Å². The van der Waals surface area contributed by atoms with Crippen molar-refractivity contribution in [1.82, 2.24) is 10.5 Å². The number of halogens is 3. The van der Waals surface area contributed by atoms with E-state index >= 15 is 0 Å². The average molecular weight is 368 g/mol. The predicted octanol–water partition coefficient (Wildman–Crippen LogP) is 2.98. The number of ether oxygens (including phenoxy) is 1. The molecule has 1 aliphatic heterocycles. The van der Waals surface area contributed by atoms with E-state index in [1.165, 1.54) is 18.2 Å². The Hall–Kier alpha value is -2.35. The van der Waals surface area contributed by atoms with Gasteiger partial charge in [-0.05, 0) is 18.1 Å². The number of hydrogen-bond acceptors (Lipinski definition) is 4. The highest BCUT2D eigenvalue weighted by atomic mass is 19.4. The van der Waals surface area contributed by atoms with Gasteiger partial charge in [0.15, 0.2) is 0 Å². The third kappa shape index (κ3) is 4.85. The fraction of sp³-hybridized carbons (Fsp3) is 0.444. The van der Waals surface area contributed by atoms with E-state index in [0.717, 1.165) is 12.5 Å². The van der Waals surface area contributed by atoms with Gasteiger partial charge in [-0.15, -0.1) is 0 Å². The van der Waals surface area contributed by atoms with E-state index < -0.39 is 11.7 Å². The van der Waals surface area contributed by atoms with Crippen LogP contribution in [0.25, 0.3) is 0 Å². The first-order valence-corrected chi connectivity index (χ1v) is 8.36. The number of rotatable bonds is 6. The smallest absolute Gasteiger partial charge is 0.381 e. The largest absolute Gasteiger partial charge is 0.416 e. The first kappa shape index (κ1) is 18.4. The van der Waals surface area contributed by atoms with Crippen LogP contribution in [0.4, 0.5) is 13.2 Å². The molecule has 26 heavy (non-hydrogen) atoms. The van der Waals surface area contributed by atoms with E-state index in [-0.39, 0.29) is 30.1 Å². The summed E-state index contributed by atoms with van der Waals surface area (Å²) in [5, 5.41) is 6.59. The van der Waals surface area contributed by atoms with Crippen molar-refractivity contribution in [2.45, 2.75) is 25.4 Å². The third-order valence-electron chi connectivity index (χ3n) is 4.25. The lowest BCUT2D eigenvalue weighted by Crippen LogP contribution is -2.30. The Morgan fingerprint density at radius 3 is 2.85 bits per heavy atom. The van der Waals surface area contributed by atoms with Crippen molar-refractivity contribution in [2.24, 2.45) is 5.92 Å². The highest BCUT2D eigenvalue weighted by Gasteiger charge is 2.33. The van der Waals surface area contributed by atoms with Crippen LogP contribution in [-0.4, -0.2) is 30.8 Å². The molecule has 1 aromatic heterocycles. The number of nitrogens with zero attached hydrogens (tertiary/aromatic N) is 1. The molecule has 3 rings (SSSR count). The molecule has 0 saturated carbocycles. The molecule has 1 saturated heterocycles. The summed E-state index contributed by atoms with van der Waals surface area (Å²) in [6.07, 6.45) is -3.52. The second-order valence-electron chi connectivity index (χ2n) is 6.33. The van der Waals surface area contributed by atoms with Crippen LogP contribution in [0.3, 0.4) is 0 Å². The van der Waals surface area contributed by atoms with Gasteiger partial charge in [0.25, 0.3) is 0 Å². The van der Waals surface area contributed by atoms with Gasteiger partial charge in [0.1, 0.15) is 5.76 Å². The van der Waals surface area contributed by atoms with Gasteiger partial charge in [-0.25, -0.2) is 0 Å².